The number of carbonyl (C=O) groups is 2. The Labute approximate surface area is 171 Å². The smallest absolute Gasteiger partial charge is 0.331 e. The molecule has 0 aromatic rings. The fourth-order valence-corrected chi connectivity index (χ4v) is 5.01. The maximum absolute atomic E-state index is 12.3. The van der Waals surface area contributed by atoms with Crippen LogP contribution in [0.2, 0.25) is 0 Å². The highest BCUT2D eigenvalue weighted by Crippen LogP contribution is 2.36. The van der Waals surface area contributed by atoms with Crippen molar-refractivity contribution in [2.75, 3.05) is 0 Å². The lowest BCUT2D eigenvalue weighted by Gasteiger charge is -2.36. The van der Waals surface area contributed by atoms with Crippen LogP contribution in [-0.4, -0.2) is 24.1 Å². The molecule has 2 fully saturated rings. The molecule has 0 aliphatic heterocycles. The number of rotatable bonds is 6. The van der Waals surface area contributed by atoms with Gasteiger partial charge in [-0.1, -0.05) is 54.4 Å². The second kappa shape index (κ2) is 10.5. The predicted octanol–water partition coefficient (Wildman–Crippen LogP) is 5.55. The van der Waals surface area contributed by atoms with Gasteiger partial charge >= 0.3 is 11.9 Å². The van der Waals surface area contributed by atoms with Crippen molar-refractivity contribution in [2.24, 2.45) is 35.5 Å². The van der Waals surface area contributed by atoms with E-state index in [4.69, 9.17) is 9.47 Å². The average molecular weight is 393 g/mol. The van der Waals surface area contributed by atoms with Crippen LogP contribution in [0.15, 0.2) is 12.2 Å². The highest BCUT2D eigenvalue weighted by Gasteiger charge is 2.34. The van der Waals surface area contributed by atoms with Crippen LogP contribution in [0.3, 0.4) is 0 Å². The number of esters is 2. The molecule has 4 unspecified atom stereocenters. The molecule has 2 saturated carbocycles. The van der Waals surface area contributed by atoms with Gasteiger partial charge in [0.1, 0.15) is 12.2 Å². The predicted molar refractivity (Wildman–Crippen MR) is 112 cm³/mol. The maximum Gasteiger partial charge on any atom is 0.331 e. The third kappa shape index (κ3) is 6.63. The SMILES string of the molecule is CC(C)C1CC[C@@H](C)CC1OC(=O)/C=C/C(=O)OC1C[C@H](C)CCC1C(C)C. The van der Waals surface area contributed by atoms with Gasteiger partial charge in [0.15, 0.2) is 0 Å². The van der Waals surface area contributed by atoms with Gasteiger partial charge in [-0.15, -0.1) is 0 Å². The van der Waals surface area contributed by atoms with Crippen molar-refractivity contribution in [1.82, 2.24) is 0 Å². The Morgan fingerprint density at radius 2 is 1.07 bits per heavy atom. The van der Waals surface area contributed by atoms with Gasteiger partial charge in [-0.05, 0) is 61.2 Å². The van der Waals surface area contributed by atoms with Crippen LogP contribution in [0.25, 0.3) is 0 Å². The van der Waals surface area contributed by atoms with E-state index in [9.17, 15) is 9.59 Å². The van der Waals surface area contributed by atoms with Gasteiger partial charge in [0.25, 0.3) is 0 Å². The van der Waals surface area contributed by atoms with E-state index in [1.165, 1.54) is 25.0 Å². The molecule has 0 heterocycles. The maximum atomic E-state index is 12.3. The van der Waals surface area contributed by atoms with Crippen molar-refractivity contribution in [3.63, 3.8) is 0 Å². The van der Waals surface area contributed by atoms with E-state index in [1.807, 2.05) is 0 Å². The summed E-state index contributed by atoms with van der Waals surface area (Å²) in [5, 5.41) is 0. The Morgan fingerprint density at radius 3 is 1.39 bits per heavy atom. The fourth-order valence-electron chi connectivity index (χ4n) is 5.01. The van der Waals surface area contributed by atoms with Crippen molar-refractivity contribution in [2.45, 2.75) is 92.3 Å². The second-order valence-corrected chi connectivity index (χ2v) is 9.94. The molecule has 0 radical (unpaired) electrons. The lowest BCUT2D eigenvalue weighted by molar-refractivity contribution is -0.152. The Balaban J connectivity index is 1.89. The third-order valence-electron chi connectivity index (χ3n) is 6.81. The van der Waals surface area contributed by atoms with Crippen LogP contribution in [0.1, 0.15) is 80.1 Å². The summed E-state index contributed by atoms with van der Waals surface area (Å²) in [6.07, 6.45) is 8.77. The standard InChI is InChI=1S/C24H40O4/c1-15(2)19-9-7-17(5)13-21(19)27-23(25)11-12-24(26)28-22-14-18(6)8-10-20(22)16(3)4/h11-12,15-22H,7-10,13-14H2,1-6H3/b12-11+/t17-,18-,19?,20?,21?,22?/m1/s1. The van der Waals surface area contributed by atoms with E-state index in [2.05, 4.69) is 41.5 Å². The van der Waals surface area contributed by atoms with Crippen molar-refractivity contribution >= 4 is 11.9 Å². The van der Waals surface area contributed by atoms with Crippen molar-refractivity contribution < 1.29 is 19.1 Å². The van der Waals surface area contributed by atoms with E-state index >= 15 is 0 Å². The van der Waals surface area contributed by atoms with E-state index in [1.54, 1.807) is 0 Å². The summed E-state index contributed by atoms with van der Waals surface area (Å²) in [6, 6.07) is 0. The van der Waals surface area contributed by atoms with Gasteiger partial charge in [-0.2, -0.15) is 0 Å². The van der Waals surface area contributed by atoms with Crippen molar-refractivity contribution in [3.8, 4) is 0 Å². The van der Waals surface area contributed by atoms with Gasteiger partial charge in [0.2, 0.25) is 0 Å². The highest BCUT2D eigenvalue weighted by atomic mass is 16.5. The van der Waals surface area contributed by atoms with Gasteiger partial charge in [0, 0.05) is 12.2 Å². The molecule has 0 spiro atoms. The minimum absolute atomic E-state index is 0.0542. The molecule has 2 aliphatic rings. The third-order valence-corrected chi connectivity index (χ3v) is 6.81. The monoisotopic (exact) mass is 392 g/mol. The average Bonchev–Trinajstić information content (AvgIpc) is 2.59. The molecule has 2 rings (SSSR count). The summed E-state index contributed by atoms with van der Waals surface area (Å²) < 4.78 is 11.4. The number of hydrogen-bond donors (Lipinski definition) is 0. The van der Waals surface area contributed by atoms with Gasteiger partial charge in [-0.25, -0.2) is 9.59 Å². The first-order valence-corrected chi connectivity index (χ1v) is 11.3. The summed E-state index contributed by atoms with van der Waals surface area (Å²) in [5.41, 5.74) is 0. The molecule has 6 atom stereocenters. The Morgan fingerprint density at radius 1 is 0.714 bits per heavy atom. The molecule has 0 aromatic heterocycles. The molecule has 0 saturated heterocycles. The number of carbonyl (C=O) groups excluding carboxylic acids is 2. The zero-order valence-corrected chi connectivity index (χ0v) is 18.6. The molecule has 0 N–H and O–H groups in total. The minimum atomic E-state index is -0.431. The first kappa shape index (κ1) is 23.0. The summed E-state index contributed by atoms with van der Waals surface area (Å²) in [6.45, 7) is 13.2. The van der Waals surface area contributed by atoms with E-state index in [0.717, 1.165) is 25.7 Å². The summed E-state index contributed by atoms with van der Waals surface area (Å²) in [7, 11) is 0. The molecule has 0 bridgehead atoms. The minimum Gasteiger partial charge on any atom is -0.459 e. The topological polar surface area (TPSA) is 52.6 Å². The summed E-state index contributed by atoms with van der Waals surface area (Å²) in [5.74, 6) is 2.05. The van der Waals surface area contributed by atoms with Crippen LogP contribution in [0, 0.1) is 35.5 Å². The zero-order chi connectivity index (χ0) is 20.8. The second-order valence-electron chi connectivity index (χ2n) is 9.94. The molecule has 160 valence electrons. The van der Waals surface area contributed by atoms with Crippen molar-refractivity contribution in [1.29, 1.82) is 0 Å². The molecular weight excluding hydrogens is 352 g/mol. The summed E-state index contributed by atoms with van der Waals surface area (Å²) in [4.78, 5) is 24.6. The van der Waals surface area contributed by atoms with Crippen LogP contribution in [-0.2, 0) is 19.1 Å². The quantitative estimate of drug-likeness (QED) is 0.439. The lowest BCUT2D eigenvalue weighted by atomic mass is 9.75. The number of ether oxygens (including phenoxy) is 2. The normalized spacial score (nSPS) is 34.0. The first-order chi connectivity index (χ1) is 13.2. The van der Waals surface area contributed by atoms with Crippen LogP contribution in [0.4, 0.5) is 0 Å². The van der Waals surface area contributed by atoms with Crippen molar-refractivity contribution in [3.05, 3.63) is 12.2 Å². The molecule has 4 heteroatoms. The Hall–Kier alpha value is -1.32. The molecular formula is C24H40O4. The molecule has 0 aromatic carbocycles. The molecule has 0 amide bonds. The van der Waals surface area contributed by atoms with E-state index in [0.29, 0.717) is 35.5 Å². The lowest BCUT2D eigenvalue weighted by Crippen LogP contribution is -2.36. The fraction of sp³-hybridized carbons (Fsp3) is 0.833. The van der Waals surface area contributed by atoms with Crippen LogP contribution < -0.4 is 0 Å². The van der Waals surface area contributed by atoms with Gasteiger partial charge in [-0.3, -0.25) is 0 Å². The Bertz CT molecular complexity index is 503. The number of hydrogen-bond acceptors (Lipinski definition) is 4. The molecule has 28 heavy (non-hydrogen) atoms. The van der Waals surface area contributed by atoms with E-state index < -0.39 is 11.9 Å². The largest absolute Gasteiger partial charge is 0.459 e. The van der Waals surface area contributed by atoms with Gasteiger partial charge < -0.3 is 9.47 Å². The molecule has 4 nitrogen and oxygen atoms in total. The molecule has 2 aliphatic carbocycles. The zero-order valence-electron chi connectivity index (χ0n) is 18.6. The first-order valence-electron chi connectivity index (χ1n) is 11.3. The van der Waals surface area contributed by atoms with E-state index in [-0.39, 0.29) is 12.2 Å². The van der Waals surface area contributed by atoms with Gasteiger partial charge in [0.05, 0.1) is 0 Å². The van der Waals surface area contributed by atoms with Crippen LogP contribution >= 0.6 is 0 Å². The summed E-state index contributed by atoms with van der Waals surface area (Å²) >= 11 is 0. The van der Waals surface area contributed by atoms with Crippen LogP contribution in [0.5, 0.6) is 0 Å². The Kier molecular flexibility index (Phi) is 8.57. The highest BCUT2D eigenvalue weighted by molar-refractivity contribution is 5.91.